The average molecular weight is 552 g/mol. The minimum atomic E-state index is 0.645. The van der Waals surface area contributed by atoms with E-state index in [1.807, 2.05) is 85.1 Å². The van der Waals surface area contributed by atoms with Crippen molar-refractivity contribution in [1.82, 2.24) is 24.3 Å². The molecule has 3 aromatic heterocycles. The zero-order valence-electron chi connectivity index (χ0n) is 23.2. The summed E-state index contributed by atoms with van der Waals surface area (Å²) >= 11 is 0. The molecule has 0 N–H and O–H groups in total. The van der Waals surface area contributed by atoms with Gasteiger partial charge in [-0.15, -0.1) is 0 Å². The van der Waals surface area contributed by atoms with Crippen LogP contribution < -0.4 is 0 Å². The van der Waals surface area contributed by atoms with E-state index in [0.717, 1.165) is 39.2 Å². The molecule has 0 saturated heterocycles. The van der Waals surface area contributed by atoms with E-state index in [1.54, 1.807) is 0 Å². The summed E-state index contributed by atoms with van der Waals surface area (Å²) in [5, 5.41) is 2.35. The number of rotatable bonds is 5. The molecule has 43 heavy (non-hydrogen) atoms. The zero-order chi connectivity index (χ0) is 28.6. The average Bonchev–Trinajstić information content (AvgIpc) is 3.53. The van der Waals surface area contributed by atoms with Gasteiger partial charge in [0.1, 0.15) is 5.65 Å². The molecule has 5 heteroatoms. The topological polar surface area (TPSA) is 56.0 Å². The lowest BCUT2D eigenvalue weighted by molar-refractivity contribution is 1.07. The third-order valence-corrected chi connectivity index (χ3v) is 7.72. The van der Waals surface area contributed by atoms with E-state index in [0.29, 0.717) is 17.5 Å². The summed E-state index contributed by atoms with van der Waals surface area (Å²) in [6.45, 7) is 0. The fourth-order valence-electron chi connectivity index (χ4n) is 5.58. The van der Waals surface area contributed by atoms with Crippen molar-refractivity contribution < 1.29 is 0 Å². The first-order chi connectivity index (χ1) is 21.3. The number of imidazole rings is 1. The van der Waals surface area contributed by atoms with Crippen molar-refractivity contribution in [2.45, 2.75) is 0 Å². The summed E-state index contributed by atoms with van der Waals surface area (Å²) in [6.07, 6.45) is 4.12. The SMILES string of the molecule is c1ccc(-c2nc(-c3ccccc3)nc(-c3ccc(-c4ccc(-c5cn6ccccc6n5)c5ccccc45)cc3)n2)cc1. The molecular weight excluding hydrogens is 526 g/mol. The molecule has 0 bridgehead atoms. The molecular formula is C38H25N5. The molecule has 0 amide bonds. The Bertz CT molecular complexity index is 2130. The molecule has 5 nitrogen and oxygen atoms in total. The number of fused-ring (bicyclic) bond motifs is 2. The fourth-order valence-corrected chi connectivity index (χ4v) is 5.58. The second kappa shape index (κ2) is 10.5. The summed E-state index contributed by atoms with van der Waals surface area (Å²) in [5.74, 6) is 1.95. The summed E-state index contributed by atoms with van der Waals surface area (Å²) < 4.78 is 2.06. The van der Waals surface area contributed by atoms with Crippen molar-refractivity contribution in [1.29, 1.82) is 0 Å². The van der Waals surface area contributed by atoms with Crippen molar-refractivity contribution in [2.75, 3.05) is 0 Å². The predicted octanol–water partition coefficient (Wildman–Crippen LogP) is 9.01. The minimum absolute atomic E-state index is 0.645. The Kier molecular flexibility index (Phi) is 6.05. The summed E-state index contributed by atoms with van der Waals surface area (Å²) in [7, 11) is 0. The number of hydrogen-bond acceptors (Lipinski definition) is 4. The van der Waals surface area contributed by atoms with Crippen molar-refractivity contribution in [3.8, 4) is 56.5 Å². The van der Waals surface area contributed by atoms with Crippen molar-refractivity contribution in [2.24, 2.45) is 0 Å². The molecule has 5 aromatic carbocycles. The third-order valence-electron chi connectivity index (χ3n) is 7.72. The van der Waals surface area contributed by atoms with Crippen LogP contribution in [0.4, 0.5) is 0 Å². The standard InChI is InChI=1S/C38H25N5/c1-3-11-27(12-4-1)36-40-37(28-13-5-2-6-14-28)42-38(41-36)29-20-18-26(19-21-29)30-22-23-33(32-16-8-7-15-31(30)32)34-25-43-24-10-9-17-35(43)39-34/h1-25H. The third kappa shape index (κ3) is 4.63. The molecule has 0 saturated carbocycles. The van der Waals surface area contributed by atoms with Gasteiger partial charge in [0, 0.05) is 34.6 Å². The van der Waals surface area contributed by atoms with Crippen LogP contribution in [0.3, 0.4) is 0 Å². The normalized spacial score (nSPS) is 11.3. The van der Waals surface area contributed by atoms with Crippen LogP contribution in [0.1, 0.15) is 0 Å². The van der Waals surface area contributed by atoms with Gasteiger partial charge in [0.05, 0.1) is 5.69 Å². The van der Waals surface area contributed by atoms with Crippen molar-refractivity contribution >= 4 is 16.4 Å². The van der Waals surface area contributed by atoms with E-state index < -0.39 is 0 Å². The second-order valence-electron chi connectivity index (χ2n) is 10.4. The molecule has 0 atom stereocenters. The Morgan fingerprint density at radius 3 is 1.47 bits per heavy atom. The van der Waals surface area contributed by atoms with Crippen LogP contribution in [0.2, 0.25) is 0 Å². The van der Waals surface area contributed by atoms with E-state index in [9.17, 15) is 0 Å². The van der Waals surface area contributed by atoms with E-state index >= 15 is 0 Å². The molecule has 8 aromatic rings. The Morgan fingerprint density at radius 1 is 0.372 bits per heavy atom. The first-order valence-corrected chi connectivity index (χ1v) is 14.2. The first-order valence-electron chi connectivity index (χ1n) is 14.2. The maximum atomic E-state index is 4.88. The van der Waals surface area contributed by atoms with Crippen LogP contribution in [0.5, 0.6) is 0 Å². The number of hydrogen-bond donors (Lipinski definition) is 0. The van der Waals surface area contributed by atoms with Crippen LogP contribution >= 0.6 is 0 Å². The van der Waals surface area contributed by atoms with Gasteiger partial charge in [-0.3, -0.25) is 0 Å². The van der Waals surface area contributed by atoms with E-state index in [4.69, 9.17) is 19.9 Å². The summed E-state index contributed by atoms with van der Waals surface area (Å²) in [4.78, 5) is 19.5. The minimum Gasteiger partial charge on any atom is -0.306 e. The van der Waals surface area contributed by atoms with Crippen LogP contribution in [0.25, 0.3) is 73.0 Å². The number of benzene rings is 5. The maximum absolute atomic E-state index is 4.88. The van der Waals surface area contributed by atoms with Crippen LogP contribution in [0.15, 0.2) is 152 Å². The van der Waals surface area contributed by atoms with E-state index in [-0.39, 0.29) is 0 Å². The Balaban J connectivity index is 1.20. The van der Waals surface area contributed by atoms with Gasteiger partial charge in [-0.05, 0) is 34.0 Å². The molecule has 0 aliphatic carbocycles. The van der Waals surface area contributed by atoms with Gasteiger partial charge in [0.25, 0.3) is 0 Å². The van der Waals surface area contributed by atoms with Gasteiger partial charge in [0.15, 0.2) is 17.5 Å². The quantitative estimate of drug-likeness (QED) is 0.214. The van der Waals surface area contributed by atoms with Crippen molar-refractivity contribution in [3.63, 3.8) is 0 Å². The van der Waals surface area contributed by atoms with Gasteiger partial charge in [-0.25, -0.2) is 19.9 Å². The van der Waals surface area contributed by atoms with Gasteiger partial charge in [-0.1, -0.05) is 127 Å². The molecule has 0 fully saturated rings. The van der Waals surface area contributed by atoms with Gasteiger partial charge in [-0.2, -0.15) is 0 Å². The van der Waals surface area contributed by atoms with Gasteiger partial charge >= 0.3 is 0 Å². The maximum Gasteiger partial charge on any atom is 0.164 e. The highest BCUT2D eigenvalue weighted by atomic mass is 15.0. The largest absolute Gasteiger partial charge is 0.306 e. The second-order valence-corrected chi connectivity index (χ2v) is 10.4. The Labute approximate surface area is 248 Å². The highest BCUT2D eigenvalue weighted by Gasteiger charge is 2.14. The summed E-state index contributed by atoms with van der Waals surface area (Å²) in [6, 6.07) is 47.6. The lowest BCUT2D eigenvalue weighted by Gasteiger charge is -2.12. The van der Waals surface area contributed by atoms with E-state index in [2.05, 4.69) is 71.3 Å². The first kappa shape index (κ1) is 24.8. The Hall–Kier alpha value is -5.94. The molecule has 8 rings (SSSR count). The fraction of sp³-hybridized carbons (Fsp3) is 0. The molecule has 0 radical (unpaired) electrons. The van der Waals surface area contributed by atoms with Crippen LogP contribution in [-0.2, 0) is 0 Å². The highest BCUT2D eigenvalue weighted by molar-refractivity contribution is 6.04. The smallest absolute Gasteiger partial charge is 0.164 e. The molecule has 0 aliphatic heterocycles. The van der Waals surface area contributed by atoms with Gasteiger partial charge in [0.2, 0.25) is 0 Å². The molecule has 0 unspecified atom stereocenters. The summed E-state index contributed by atoms with van der Waals surface area (Å²) in [5.41, 5.74) is 8.16. The molecule has 0 spiro atoms. The van der Waals surface area contributed by atoms with E-state index in [1.165, 1.54) is 16.3 Å². The monoisotopic (exact) mass is 551 g/mol. The molecule has 0 aliphatic rings. The zero-order valence-corrected chi connectivity index (χ0v) is 23.2. The van der Waals surface area contributed by atoms with Crippen LogP contribution in [-0.4, -0.2) is 24.3 Å². The van der Waals surface area contributed by atoms with Crippen LogP contribution in [0, 0.1) is 0 Å². The molecule has 202 valence electrons. The number of pyridine rings is 1. The lowest BCUT2D eigenvalue weighted by atomic mass is 9.93. The number of nitrogens with zero attached hydrogens (tertiary/aromatic N) is 5. The van der Waals surface area contributed by atoms with Crippen molar-refractivity contribution in [3.05, 3.63) is 152 Å². The lowest BCUT2D eigenvalue weighted by Crippen LogP contribution is -2.00. The molecule has 3 heterocycles. The predicted molar refractivity (Wildman–Crippen MR) is 173 cm³/mol. The van der Waals surface area contributed by atoms with Gasteiger partial charge < -0.3 is 4.40 Å². The Morgan fingerprint density at radius 2 is 0.860 bits per heavy atom. The highest BCUT2D eigenvalue weighted by Crippen LogP contribution is 2.36. The number of aromatic nitrogens is 5.